The first kappa shape index (κ1) is 22.0. The van der Waals surface area contributed by atoms with E-state index in [0.29, 0.717) is 0 Å². The molecule has 8 aromatic rings. The molecule has 0 heteroatoms. The Morgan fingerprint density at radius 1 is 0.282 bits per heavy atom. The number of rotatable bonds is 3. The smallest absolute Gasteiger partial charge is 0.0607 e. The van der Waals surface area contributed by atoms with Gasteiger partial charge in [0.15, 0.2) is 0 Å². The highest BCUT2D eigenvalue weighted by Gasteiger charge is 2.32. The Balaban J connectivity index is 1.64. The molecule has 0 heterocycles. The van der Waals surface area contributed by atoms with Gasteiger partial charge in [0.2, 0.25) is 0 Å². The van der Waals surface area contributed by atoms with Crippen molar-refractivity contribution >= 4 is 53.9 Å². The topological polar surface area (TPSA) is 0 Å². The highest BCUT2D eigenvalue weighted by Crippen LogP contribution is 2.46. The van der Waals surface area contributed by atoms with Gasteiger partial charge in [-0.15, -0.1) is 0 Å². The minimum Gasteiger partial charge on any atom is -0.0607 e. The molecule has 180 valence electrons. The Morgan fingerprint density at radius 3 is 1.05 bits per heavy atom. The summed E-state index contributed by atoms with van der Waals surface area (Å²) in [5, 5.41) is 12.6. The lowest BCUT2D eigenvalue weighted by molar-refractivity contribution is 1.32. The normalized spacial score (nSPS) is 11.6. The van der Waals surface area contributed by atoms with E-state index in [1.165, 1.54) is 76.5 Å². The van der Waals surface area contributed by atoms with Gasteiger partial charge in [-0.25, -0.2) is 0 Å². The Hall–Kier alpha value is -5.07. The van der Waals surface area contributed by atoms with Gasteiger partial charge >= 0.3 is 0 Å². The van der Waals surface area contributed by atoms with Crippen molar-refractivity contribution in [3.8, 4) is 0 Å². The summed E-state index contributed by atoms with van der Waals surface area (Å²) >= 11 is 0. The van der Waals surface area contributed by atoms with E-state index in [1.807, 2.05) is 0 Å². The standard InChI is InChI=1S/C39H25/c1-6-18-31-26(12-1)17-11-23-36(31)39(37-32-19-7-2-13-27(32)24-28-14-3-8-20-33(28)37)38-34-21-9-4-15-29(34)25-30-16-5-10-22-35(30)38/h1-25H/q+1. The van der Waals surface area contributed by atoms with Gasteiger partial charge < -0.3 is 0 Å². The number of benzene rings is 8. The van der Waals surface area contributed by atoms with Gasteiger partial charge in [0.1, 0.15) is 0 Å². The molecule has 0 aromatic heterocycles. The van der Waals surface area contributed by atoms with Crippen LogP contribution in [-0.4, -0.2) is 0 Å². The average Bonchev–Trinajstić information content (AvgIpc) is 3.00. The molecular formula is C39H25+. The van der Waals surface area contributed by atoms with Crippen molar-refractivity contribution in [1.29, 1.82) is 0 Å². The lowest BCUT2D eigenvalue weighted by Gasteiger charge is -2.22. The van der Waals surface area contributed by atoms with Crippen LogP contribution in [0.3, 0.4) is 0 Å². The fraction of sp³-hybridized carbons (Fsp3) is 0. The fourth-order valence-corrected chi connectivity index (χ4v) is 6.40. The van der Waals surface area contributed by atoms with Gasteiger partial charge in [-0.3, -0.25) is 0 Å². The lowest BCUT2D eigenvalue weighted by atomic mass is 9.75. The molecule has 0 nitrogen and oxygen atoms in total. The molecule has 0 unspecified atom stereocenters. The summed E-state index contributed by atoms with van der Waals surface area (Å²) in [7, 11) is 0. The minimum atomic E-state index is 1.25. The number of fused-ring (bicyclic) bond motifs is 5. The quantitative estimate of drug-likeness (QED) is 0.130. The van der Waals surface area contributed by atoms with Crippen LogP contribution >= 0.6 is 0 Å². The molecule has 0 aliphatic rings. The van der Waals surface area contributed by atoms with E-state index in [9.17, 15) is 0 Å². The first-order valence-electron chi connectivity index (χ1n) is 13.5. The van der Waals surface area contributed by atoms with Crippen molar-refractivity contribution in [3.05, 3.63) is 174 Å². The molecule has 0 fully saturated rings. The summed E-state index contributed by atoms with van der Waals surface area (Å²) in [4.78, 5) is 0. The zero-order valence-electron chi connectivity index (χ0n) is 21.4. The predicted molar refractivity (Wildman–Crippen MR) is 167 cm³/mol. The maximum atomic E-state index is 2.33. The van der Waals surface area contributed by atoms with Crippen LogP contribution in [-0.2, 0) is 0 Å². The third kappa shape index (κ3) is 3.42. The van der Waals surface area contributed by atoms with Crippen molar-refractivity contribution in [1.82, 2.24) is 0 Å². The molecule has 0 saturated heterocycles. The monoisotopic (exact) mass is 493 g/mol. The second kappa shape index (κ2) is 8.75. The summed E-state index contributed by atoms with van der Waals surface area (Å²) in [6.07, 6.45) is 0. The van der Waals surface area contributed by atoms with E-state index in [1.54, 1.807) is 0 Å². The molecule has 0 N–H and O–H groups in total. The first-order chi connectivity index (χ1) is 19.4. The highest BCUT2D eigenvalue weighted by molar-refractivity contribution is 6.12. The third-order valence-corrected chi connectivity index (χ3v) is 8.10. The van der Waals surface area contributed by atoms with E-state index in [4.69, 9.17) is 0 Å². The van der Waals surface area contributed by atoms with Crippen LogP contribution in [0.1, 0.15) is 16.7 Å². The van der Waals surface area contributed by atoms with Gasteiger partial charge in [-0.05, 0) is 91.0 Å². The van der Waals surface area contributed by atoms with Gasteiger partial charge in [0.25, 0.3) is 0 Å². The summed E-state index contributed by atoms with van der Waals surface area (Å²) in [6.45, 7) is 0. The Morgan fingerprint density at radius 2 is 0.615 bits per heavy atom. The van der Waals surface area contributed by atoms with Gasteiger partial charge in [-0.2, -0.15) is 0 Å². The average molecular weight is 494 g/mol. The van der Waals surface area contributed by atoms with Gasteiger partial charge in [0.05, 0.1) is 22.6 Å². The SMILES string of the molecule is c1ccc2c([C+](c3c4ccccc4cc4ccccc34)c3c4ccccc4cc4ccccc34)cccc2c1. The number of hydrogen-bond donors (Lipinski definition) is 0. The van der Waals surface area contributed by atoms with Crippen molar-refractivity contribution in [2.24, 2.45) is 0 Å². The summed E-state index contributed by atoms with van der Waals surface area (Å²) < 4.78 is 0. The molecule has 0 aliphatic carbocycles. The molecule has 0 radical (unpaired) electrons. The molecule has 0 spiro atoms. The van der Waals surface area contributed by atoms with Crippen LogP contribution in [0.5, 0.6) is 0 Å². The van der Waals surface area contributed by atoms with Crippen LogP contribution in [0, 0.1) is 5.92 Å². The predicted octanol–water partition coefficient (Wildman–Crippen LogP) is 10.5. The summed E-state index contributed by atoms with van der Waals surface area (Å²) in [5.41, 5.74) is 3.85. The van der Waals surface area contributed by atoms with Crippen LogP contribution in [0.25, 0.3) is 53.9 Å². The molecule has 0 saturated carbocycles. The largest absolute Gasteiger partial charge is 0.0697 e. The van der Waals surface area contributed by atoms with Crippen molar-refractivity contribution in [3.63, 3.8) is 0 Å². The van der Waals surface area contributed by atoms with Crippen LogP contribution in [0.2, 0.25) is 0 Å². The van der Waals surface area contributed by atoms with Gasteiger partial charge in [-0.1, -0.05) is 60.7 Å². The Labute approximate surface area is 227 Å². The molecule has 39 heavy (non-hydrogen) atoms. The van der Waals surface area contributed by atoms with Crippen molar-refractivity contribution in [2.45, 2.75) is 0 Å². The van der Waals surface area contributed by atoms with E-state index >= 15 is 0 Å². The second-order valence-corrected chi connectivity index (χ2v) is 10.3. The summed E-state index contributed by atoms with van der Waals surface area (Å²) in [6, 6.07) is 55.6. The molecule has 8 aromatic carbocycles. The van der Waals surface area contributed by atoms with Crippen molar-refractivity contribution < 1.29 is 0 Å². The molecule has 0 aliphatic heterocycles. The Bertz CT molecular complexity index is 1950. The van der Waals surface area contributed by atoms with Crippen LogP contribution < -0.4 is 0 Å². The maximum Gasteiger partial charge on any atom is 0.0697 e. The van der Waals surface area contributed by atoms with Gasteiger partial charge in [0, 0.05) is 53.9 Å². The molecule has 0 bridgehead atoms. The van der Waals surface area contributed by atoms with E-state index in [0.717, 1.165) is 0 Å². The minimum absolute atomic E-state index is 1.25. The van der Waals surface area contributed by atoms with Crippen LogP contribution in [0.4, 0.5) is 0 Å². The second-order valence-electron chi connectivity index (χ2n) is 10.3. The molecular weight excluding hydrogens is 468 g/mol. The van der Waals surface area contributed by atoms with Crippen molar-refractivity contribution in [2.75, 3.05) is 0 Å². The molecule has 8 rings (SSSR count). The third-order valence-electron chi connectivity index (χ3n) is 8.10. The maximum absolute atomic E-state index is 2.33. The lowest BCUT2D eigenvalue weighted by Crippen LogP contribution is -2.09. The number of hydrogen-bond acceptors (Lipinski definition) is 0. The zero-order valence-corrected chi connectivity index (χ0v) is 21.4. The molecule has 0 amide bonds. The fourth-order valence-electron chi connectivity index (χ4n) is 6.40. The molecule has 0 atom stereocenters. The Kier molecular flexibility index (Phi) is 4.93. The van der Waals surface area contributed by atoms with E-state index in [2.05, 4.69) is 152 Å². The first-order valence-corrected chi connectivity index (χ1v) is 13.5. The summed E-state index contributed by atoms with van der Waals surface area (Å²) in [5.74, 6) is 1.28. The van der Waals surface area contributed by atoms with Crippen LogP contribution in [0.15, 0.2) is 152 Å². The zero-order chi connectivity index (χ0) is 25.8. The highest BCUT2D eigenvalue weighted by atomic mass is 14.3. The van der Waals surface area contributed by atoms with E-state index in [-0.39, 0.29) is 0 Å². The van der Waals surface area contributed by atoms with E-state index < -0.39 is 0 Å².